The second-order valence-corrected chi connectivity index (χ2v) is 15.7. The Kier molecular flexibility index (Phi) is 18.8. The minimum Gasteiger partial charge on any atom is -0.391 e. The van der Waals surface area contributed by atoms with Gasteiger partial charge in [-0.3, -0.25) is 28.9 Å². The molecule has 1 aromatic rings. The van der Waals surface area contributed by atoms with Gasteiger partial charge in [0.1, 0.15) is 5.78 Å². The topological polar surface area (TPSA) is 160 Å². The number of amides is 3. The number of nitrogens with zero attached hydrogens (tertiary/aromatic N) is 3. The summed E-state index contributed by atoms with van der Waals surface area (Å²) >= 11 is 0. The summed E-state index contributed by atoms with van der Waals surface area (Å²) in [7, 11) is 8.28. The molecule has 0 bridgehead atoms. The predicted molar refractivity (Wildman–Crippen MR) is 206 cm³/mol. The SMILES string of the molecule is CC[C@H](C)[C@@H]([C@@H](CC(=O)N1CCC[C@H]1[C@H](OC)[C@@H](C)C(=O)C[C@@H](Cc1ccccc1)C(N)=O)OC)N(C)C(=O)[C@@H](CC(=O)[C@H]([C@@H](C)O)N(C)C)C(C)C. The molecule has 0 unspecified atom stereocenters. The molecular formula is C41H68N4O8. The van der Waals surface area contributed by atoms with Crippen molar-refractivity contribution < 1.29 is 38.6 Å². The van der Waals surface area contributed by atoms with Gasteiger partial charge in [0, 0.05) is 58.4 Å². The first-order chi connectivity index (χ1) is 24.9. The summed E-state index contributed by atoms with van der Waals surface area (Å²) in [6.07, 6.45) is 0.321. The summed E-state index contributed by atoms with van der Waals surface area (Å²) in [6, 6.07) is 7.90. The molecule has 1 heterocycles. The summed E-state index contributed by atoms with van der Waals surface area (Å²) < 4.78 is 11.9. The molecule has 1 aromatic carbocycles. The number of nitrogens with two attached hydrogens (primary N) is 1. The lowest BCUT2D eigenvalue weighted by Crippen LogP contribution is -2.54. The maximum absolute atomic E-state index is 14.2. The summed E-state index contributed by atoms with van der Waals surface area (Å²) in [5.41, 5.74) is 6.65. The molecule has 1 saturated heterocycles. The van der Waals surface area contributed by atoms with Gasteiger partial charge >= 0.3 is 0 Å². The molecule has 2 rings (SSSR count). The van der Waals surface area contributed by atoms with Crippen LogP contribution in [0.3, 0.4) is 0 Å². The molecule has 0 aliphatic carbocycles. The van der Waals surface area contributed by atoms with Gasteiger partial charge in [0.2, 0.25) is 17.7 Å². The lowest BCUT2D eigenvalue weighted by Gasteiger charge is -2.41. The minimum absolute atomic E-state index is 0.00915. The van der Waals surface area contributed by atoms with Crippen molar-refractivity contribution in [2.45, 2.75) is 123 Å². The second-order valence-electron chi connectivity index (χ2n) is 15.7. The van der Waals surface area contributed by atoms with Crippen molar-refractivity contribution in [2.75, 3.05) is 41.9 Å². The Labute approximate surface area is 318 Å². The summed E-state index contributed by atoms with van der Waals surface area (Å²) in [4.78, 5) is 72.9. The van der Waals surface area contributed by atoms with Crippen LogP contribution in [0.5, 0.6) is 0 Å². The van der Waals surface area contributed by atoms with Crippen LogP contribution < -0.4 is 5.73 Å². The smallest absolute Gasteiger partial charge is 0.226 e. The Morgan fingerprint density at radius 2 is 1.55 bits per heavy atom. The molecule has 3 amide bonds. The Hall–Kier alpha value is -3.19. The Morgan fingerprint density at radius 3 is 2.04 bits per heavy atom. The average molecular weight is 745 g/mol. The number of primary amides is 1. The third-order valence-electron chi connectivity index (χ3n) is 11.4. The molecule has 10 atom stereocenters. The van der Waals surface area contributed by atoms with Crippen LogP contribution in [0.15, 0.2) is 30.3 Å². The largest absolute Gasteiger partial charge is 0.391 e. The van der Waals surface area contributed by atoms with Crippen LogP contribution in [0.1, 0.15) is 85.6 Å². The van der Waals surface area contributed by atoms with Crippen LogP contribution in [-0.4, -0.2) is 127 Å². The van der Waals surface area contributed by atoms with Crippen LogP contribution in [0.25, 0.3) is 0 Å². The molecule has 1 aliphatic heterocycles. The van der Waals surface area contributed by atoms with Crippen molar-refractivity contribution >= 4 is 29.3 Å². The highest BCUT2D eigenvalue weighted by Gasteiger charge is 2.43. The zero-order valence-electron chi connectivity index (χ0n) is 34.1. The van der Waals surface area contributed by atoms with Crippen molar-refractivity contribution in [2.24, 2.45) is 35.3 Å². The highest BCUT2D eigenvalue weighted by Crippen LogP contribution is 2.31. The number of carbonyl (C=O) groups is 5. The minimum atomic E-state index is -0.894. The van der Waals surface area contributed by atoms with Crippen LogP contribution >= 0.6 is 0 Å². The standard InChI is InChI=1S/C41H68N4O8/c1-12-26(4)37(44(9)41(51)31(25(2)3)23-34(48)38(28(6)46)43(7)8)35(52-10)24-36(49)45-20-16-19-32(45)39(53-11)27(5)33(47)22-30(40(42)50)21-29-17-14-13-15-18-29/h13-15,17-18,25-28,30-32,35,37-39,46H,12,16,19-24H2,1-11H3,(H2,42,50)/t26-,27-,28+,30+,31-,32-,35+,37-,38-,39+/m0/s1. The van der Waals surface area contributed by atoms with Gasteiger partial charge in [-0.1, -0.05) is 71.4 Å². The molecule has 53 heavy (non-hydrogen) atoms. The number of hydrogen-bond acceptors (Lipinski definition) is 9. The van der Waals surface area contributed by atoms with Crippen molar-refractivity contribution in [3.05, 3.63) is 35.9 Å². The van der Waals surface area contributed by atoms with E-state index in [-0.39, 0.29) is 60.5 Å². The molecular weight excluding hydrogens is 676 g/mol. The fourth-order valence-electron chi connectivity index (χ4n) is 8.14. The van der Waals surface area contributed by atoms with Gasteiger partial charge in [-0.05, 0) is 57.7 Å². The van der Waals surface area contributed by atoms with E-state index in [0.29, 0.717) is 19.4 Å². The van der Waals surface area contributed by atoms with E-state index >= 15 is 0 Å². The normalized spacial score (nSPS) is 19.9. The number of benzene rings is 1. The number of aliphatic hydroxyl groups is 1. The number of likely N-dealkylation sites (tertiary alicyclic amines) is 1. The Morgan fingerprint density at radius 1 is 0.925 bits per heavy atom. The van der Waals surface area contributed by atoms with E-state index in [1.165, 1.54) is 0 Å². The third kappa shape index (κ3) is 12.4. The van der Waals surface area contributed by atoms with Crippen molar-refractivity contribution in [3.63, 3.8) is 0 Å². The summed E-state index contributed by atoms with van der Waals surface area (Å²) in [5, 5.41) is 10.3. The van der Waals surface area contributed by atoms with E-state index < -0.39 is 54.1 Å². The van der Waals surface area contributed by atoms with Crippen molar-refractivity contribution in [3.8, 4) is 0 Å². The molecule has 0 aromatic heterocycles. The highest BCUT2D eigenvalue weighted by atomic mass is 16.5. The van der Waals surface area contributed by atoms with Gasteiger partial charge < -0.3 is 30.1 Å². The van der Waals surface area contributed by atoms with E-state index in [1.807, 2.05) is 58.0 Å². The van der Waals surface area contributed by atoms with Crippen LogP contribution in [0, 0.1) is 29.6 Å². The zero-order valence-corrected chi connectivity index (χ0v) is 34.1. The van der Waals surface area contributed by atoms with E-state index in [4.69, 9.17) is 15.2 Å². The number of ether oxygens (including phenoxy) is 2. The number of aliphatic hydroxyl groups excluding tert-OH is 1. The second kappa shape index (κ2) is 21.6. The first-order valence-electron chi connectivity index (χ1n) is 19.3. The number of methoxy groups -OCH3 is 2. The third-order valence-corrected chi connectivity index (χ3v) is 11.4. The Bertz CT molecular complexity index is 1330. The maximum Gasteiger partial charge on any atom is 0.226 e. The molecule has 300 valence electrons. The predicted octanol–water partition coefficient (Wildman–Crippen LogP) is 3.75. The number of rotatable bonds is 23. The Balaban J connectivity index is 2.27. The average Bonchev–Trinajstić information content (AvgIpc) is 3.59. The van der Waals surface area contributed by atoms with Gasteiger partial charge in [0.15, 0.2) is 5.78 Å². The monoisotopic (exact) mass is 745 g/mol. The quantitative estimate of drug-likeness (QED) is 0.170. The van der Waals surface area contributed by atoms with Crippen LogP contribution in [0.2, 0.25) is 0 Å². The number of likely N-dealkylation sites (N-methyl/N-ethyl adjacent to an activating group) is 2. The number of hydrogen-bond donors (Lipinski definition) is 2. The molecule has 12 nitrogen and oxygen atoms in total. The molecule has 0 spiro atoms. The van der Waals surface area contributed by atoms with Crippen LogP contribution in [-0.2, 0) is 39.9 Å². The molecule has 1 aliphatic rings. The number of ketones is 2. The van der Waals surface area contributed by atoms with E-state index in [9.17, 15) is 29.1 Å². The van der Waals surface area contributed by atoms with Crippen molar-refractivity contribution in [1.29, 1.82) is 0 Å². The summed E-state index contributed by atoms with van der Waals surface area (Å²) in [6.45, 7) is 11.7. The van der Waals surface area contributed by atoms with Gasteiger partial charge in [-0.15, -0.1) is 0 Å². The lowest BCUT2D eigenvalue weighted by molar-refractivity contribution is -0.149. The number of Topliss-reactive ketones (excluding diaryl/α,β-unsaturated/α-hetero) is 2. The number of carbonyl (C=O) groups excluding carboxylic acids is 5. The highest BCUT2D eigenvalue weighted by molar-refractivity contribution is 5.90. The molecule has 0 saturated carbocycles. The fraction of sp³-hybridized carbons (Fsp3) is 0.732. The molecule has 3 N–H and O–H groups in total. The van der Waals surface area contributed by atoms with E-state index in [2.05, 4.69) is 0 Å². The maximum atomic E-state index is 14.2. The van der Waals surface area contributed by atoms with Crippen LogP contribution in [0.4, 0.5) is 0 Å². The molecule has 12 heteroatoms. The lowest BCUT2D eigenvalue weighted by atomic mass is 9.84. The fourth-order valence-corrected chi connectivity index (χ4v) is 8.14. The van der Waals surface area contributed by atoms with Gasteiger partial charge in [-0.2, -0.15) is 0 Å². The van der Waals surface area contributed by atoms with E-state index in [0.717, 1.165) is 18.4 Å². The zero-order chi connectivity index (χ0) is 40.2. The van der Waals surface area contributed by atoms with Gasteiger partial charge in [0.25, 0.3) is 0 Å². The van der Waals surface area contributed by atoms with E-state index in [1.54, 1.807) is 63.9 Å². The van der Waals surface area contributed by atoms with Gasteiger partial charge in [-0.25, -0.2) is 0 Å². The molecule has 0 radical (unpaired) electrons. The van der Waals surface area contributed by atoms with Gasteiger partial charge in [0.05, 0.1) is 42.9 Å². The summed E-state index contributed by atoms with van der Waals surface area (Å²) in [5.74, 6) is -3.31. The first kappa shape index (κ1) is 46.0. The van der Waals surface area contributed by atoms with Crippen molar-refractivity contribution in [1.82, 2.24) is 14.7 Å². The first-order valence-corrected chi connectivity index (χ1v) is 19.3. The molecule has 1 fully saturated rings.